The molecule has 1 fully saturated rings. The predicted molar refractivity (Wildman–Crippen MR) is 84.3 cm³/mol. The Labute approximate surface area is 127 Å². The molecule has 1 heterocycles. The van der Waals surface area contributed by atoms with Crippen LogP contribution in [0.5, 0.6) is 0 Å². The Hall–Kier alpha value is -1.39. The molecular formula is C17H26N2O2. The number of likely N-dealkylation sites (tertiary alicyclic amines) is 1. The number of rotatable bonds is 5. The lowest BCUT2D eigenvalue weighted by atomic mass is 9.89. The number of aliphatic carboxylic acids is 1. The lowest BCUT2D eigenvalue weighted by Crippen LogP contribution is -2.55. The Bertz CT molecular complexity index is 463. The highest BCUT2D eigenvalue weighted by Gasteiger charge is 2.40. The fourth-order valence-corrected chi connectivity index (χ4v) is 3.15. The minimum absolute atomic E-state index is 0.509. The van der Waals surface area contributed by atoms with Crippen molar-refractivity contribution in [2.24, 2.45) is 5.92 Å². The van der Waals surface area contributed by atoms with Crippen LogP contribution < -0.4 is 5.32 Å². The van der Waals surface area contributed by atoms with Gasteiger partial charge in [0.1, 0.15) is 0 Å². The zero-order valence-electron chi connectivity index (χ0n) is 13.0. The molecule has 0 radical (unpaired) electrons. The van der Waals surface area contributed by atoms with E-state index in [0.29, 0.717) is 6.54 Å². The van der Waals surface area contributed by atoms with Crippen molar-refractivity contribution in [3.8, 4) is 0 Å². The molecule has 2 atom stereocenters. The van der Waals surface area contributed by atoms with Gasteiger partial charge in [-0.2, -0.15) is 0 Å². The summed E-state index contributed by atoms with van der Waals surface area (Å²) in [5.41, 5.74) is -0.216. The van der Waals surface area contributed by atoms with E-state index < -0.39 is 11.5 Å². The molecule has 2 N–H and O–H groups in total. The molecule has 1 saturated heterocycles. The van der Waals surface area contributed by atoms with E-state index in [9.17, 15) is 9.90 Å². The van der Waals surface area contributed by atoms with Gasteiger partial charge in [-0.1, -0.05) is 37.3 Å². The van der Waals surface area contributed by atoms with Crippen molar-refractivity contribution in [3.05, 3.63) is 35.9 Å². The zero-order valence-corrected chi connectivity index (χ0v) is 13.0. The molecule has 21 heavy (non-hydrogen) atoms. The average Bonchev–Trinajstić information content (AvgIpc) is 2.70. The summed E-state index contributed by atoms with van der Waals surface area (Å²) in [7, 11) is 1.74. The third-order valence-corrected chi connectivity index (χ3v) is 4.63. The second-order valence-corrected chi connectivity index (χ2v) is 6.14. The van der Waals surface area contributed by atoms with Gasteiger partial charge in [0, 0.05) is 6.54 Å². The van der Waals surface area contributed by atoms with Crippen molar-refractivity contribution in [2.75, 3.05) is 26.7 Å². The van der Waals surface area contributed by atoms with Gasteiger partial charge in [0.05, 0.1) is 0 Å². The molecule has 1 aliphatic heterocycles. The van der Waals surface area contributed by atoms with Crippen LogP contribution in [0.3, 0.4) is 0 Å². The molecule has 116 valence electrons. The number of carboxylic acids is 1. The lowest BCUT2D eigenvalue weighted by molar-refractivity contribution is -0.146. The minimum Gasteiger partial charge on any atom is -0.480 e. The van der Waals surface area contributed by atoms with Crippen molar-refractivity contribution in [2.45, 2.75) is 31.7 Å². The quantitative estimate of drug-likeness (QED) is 0.874. The van der Waals surface area contributed by atoms with Crippen molar-refractivity contribution < 1.29 is 9.90 Å². The standard InChI is InChI=1S/C17H26N2O2/c1-14-7-6-11-19(12-10-14)13-17(18-2,16(20)21)15-8-4-3-5-9-15/h3-5,8-9,14,18H,6-7,10-13H2,1-2H3,(H,20,21). The Morgan fingerprint density at radius 2 is 2.05 bits per heavy atom. The third-order valence-electron chi connectivity index (χ3n) is 4.63. The third kappa shape index (κ3) is 3.63. The van der Waals surface area contributed by atoms with Gasteiger partial charge in [0.2, 0.25) is 0 Å². The summed E-state index contributed by atoms with van der Waals surface area (Å²) in [5.74, 6) is -0.0750. The van der Waals surface area contributed by atoms with Gasteiger partial charge in [0.15, 0.2) is 5.54 Å². The van der Waals surface area contributed by atoms with Gasteiger partial charge in [-0.3, -0.25) is 0 Å². The van der Waals surface area contributed by atoms with E-state index in [2.05, 4.69) is 17.1 Å². The van der Waals surface area contributed by atoms with E-state index in [0.717, 1.165) is 37.4 Å². The highest BCUT2D eigenvalue weighted by Crippen LogP contribution is 2.25. The molecule has 2 rings (SSSR count). The molecule has 0 amide bonds. The second kappa shape index (κ2) is 7.05. The summed E-state index contributed by atoms with van der Waals surface area (Å²) in [6, 6.07) is 9.50. The molecule has 1 aliphatic rings. The highest BCUT2D eigenvalue weighted by molar-refractivity contribution is 5.81. The molecule has 0 aliphatic carbocycles. The number of carboxylic acid groups (broad SMARTS) is 1. The van der Waals surface area contributed by atoms with Crippen LogP contribution in [0.15, 0.2) is 30.3 Å². The van der Waals surface area contributed by atoms with E-state index >= 15 is 0 Å². The number of likely N-dealkylation sites (N-methyl/N-ethyl adjacent to an activating group) is 1. The normalized spacial score (nSPS) is 23.2. The molecule has 1 aromatic rings. The first-order chi connectivity index (χ1) is 10.1. The van der Waals surface area contributed by atoms with Gasteiger partial charge in [-0.05, 0) is 50.9 Å². The Morgan fingerprint density at radius 1 is 1.33 bits per heavy atom. The van der Waals surface area contributed by atoms with E-state index in [1.807, 2.05) is 30.3 Å². The molecule has 0 aromatic heterocycles. The fraction of sp³-hybridized carbons (Fsp3) is 0.588. The number of nitrogens with zero attached hydrogens (tertiary/aromatic N) is 1. The number of carbonyl (C=O) groups is 1. The Balaban J connectivity index is 2.22. The van der Waals surface area contributed by atoms with Crippen molar-refractivity contribution in [1.82, 2.24) is 10.2 Å². The van der Waals surface area contributed by atoms with Crippen molar-refractivity contribution in [3.63, 3.8) is 0 Å². The first kappa shape index (κ1) is 16.0. The summed E-state index contributed by atoms with van der Waals surface area (Å²) in [6.45, 7) is 4.75. The van der Waals surface area contributed by atoms with Gasteiger partial charge < -0.3 is 15.3 Å². The van der Waals surface area contributed by atoms with Gasteiger partial charge >= 0.3 is 5.97 Å². The lowest BCUT2D eigenvalue weighted by Gasteiger charge is -2.35. The summed E-state index contributed by atoms with van der Waals surface area (Å²) in [4.78, 5) is 14.3. The second-order valence-electron chi connectivity index (χ2n) is 6.14. The molecule has 4 nitrogen and oxygen atoms in total. The Kier molecular flexibility index (Phi) is 5.37. The molecule has 2 unspecified atom stereocenters. The van der Waals surface area contributed by atoms with Crippen LogP contribution in [0, 0.1) is 5.92 Å². The maximum Gasteiger partial charge on any atom is 0.329 e. The van der Waals surface area contributed by atoms with Gasteiger partial charge in [-0.25, -0.2) is 4.79 Å². The van der Waals surface area contributed by atoms with E-state index in [-0.39, 0.29) is 0 Å². The number of hydrogen-bond donors (Lipinski definition) is 2. The van der Waals surface area contributed by atoms with Gasteiger partial charge in [0.25, 0.3) is 0 Å². The first-order valence-electron chi connectivity index (χ1n) is 7.78. The molecule has 1 aromatic carbocycles. The van der Waals surface area contributed by atoms with Crippen LogP contribution in [-0.2, 0) is 10.3 Å². The monoisotopic (exact) mass is 290 g/mol. The summed E-state index contributed by atoms with van der Waals surface area (Å²) in [6.07, 6.45) is 3.53. The average molecular weight is 290 g/mol. The Morgan fingerprint density at radius 3 is 2.67 bits per heavy atom. The number of benzene rings is 1. The predicted octanol–water partition coefficient (Wildman–Crippen LogP) is 2.31. The minimum atomic E-state index is -1.03. The maximum absolute atomic E-state index is 12.0. The van der Waals surface area contributed by atoms with Crippen molar-refractivity contribution >= 4 is 5.97 Å². The van der Waals surface area contributed by atoms with Crippen LogP contribution in [0.2, 0.25) is 0 Å². The van der Waals surface area contributed by atoms with Crippen LogP contribution in [0.4, 0.5) is 0 Å². The summed E-state index contributed by atoms with van der Waals surface area (Å²) >= 11 is 0. The van der Waals surface area contributed by atoms with Gasteiger partial charge in [-0.15, -0.1) is 0 Å². The fourth-order valence-electron chi connectivity index (χ4n) is 3.15. The summed E-state index contributed by atoms with van der Waals surface area (Å²) in [5, 5.41) is 12.9. The number of hydrogen-bond acceptors (Lipinski definition) is 3. The highest BCUT2D eigenvalue weighted by atomic mass is 16.4. The topological polar surface area (TPSA) is 52.6 Å². The summed E-state index contributed by atoms with van der Waals surface area (Å²) < 4.78 is 0. The molecular weight excluding hydrogens is 264 g/mol. The zero-order chi connectivity index (χ0) is 15.3. The van der Waals surface area contributed by atoms with Crippen molar-refractivity contribution in [1.29, 1.82) is 0 Å². The smallest absolute Gasteiger partial charge is 0.329 e. The molecule has 0 saturated carbocycles. The maximum atomic E-state index is 12.0. The van der Waals surface area contributed by atoms with Crippen LogP contribution in [-0.4, -0.2) is 42.7 Å². The molecule has 0 spiro atoms. The first-order valence-corrected chi connectivity index (χ1v) is 7.78. The van der Waals surface area contributed by atoms with E-state index in [1.54, 1.807) is 7.05 Å². The van der Waals surface area contributed by atoms with Crippen LogP contribution >= 0.6 is 0 Å². The SMILES string of the molecule is CNC(CN1CCCC(C)CC1)(C(=O)O)c1ccccc1. The number of nitrogens with one attached hydrogen (secondary N) is 1. The molecule has 0 bridgehead atoms. The van der Waals surface area contributed by atoms with E-state index in [4.69, 9.17) is 0 Å². The largest absolute Gasteiger partial charge is 0.480 e. The molecule has 4 heteroatoms. The van der Waals surface area contributed by atoms with E-state index in [1.165, 1.54) is 6.42 Å². The van der Waals surface area contributed by atoms with Crippen LogP contribution in [0.25, 0.3) is 0 Å². The van der Waals surface area contributed by atoms with Crippen LogP contribution in [0.1, 0.15) is 31.7 Å².